The third-order valence-electron chi connectivity index (χ3n) is 4.08. The second kappa shape index (κ2) is 10.2. The molecule has 3 aromatic rings. The van der Waals surface area contributed by atoms with Crippen LogP contribution >= 0.6 is 43.5 Å². The average molecular weight is 526 g/mol. The normalized spacial score (nSPS) is 10.6. The van der Waals surface area contributed by atoms with Crippen LogP contribution in [0.25, 0.3) is 0 Å². The predicted molar refractivity (Wildman–Crippen MR) is 123 cm³/mol. The maximum atomic E-state index is 6.23. The monoisotopic (exact) mass is 523 g/mol. The van der Waals surface area contributed by atoms with Crippen molar-refractivity contribution < 1.29 is 9.47 Å². The summed E-state index contributed by atoms with van der Waals surface area (Å²) in [5.74, 6) is 1.39. The van der Waals surface area contributed by atoms with Gasteiger partial charge in [-0.05, 0) is 55.0 Å². The molecule has 0 saturated carbocycles. The first-order valence-corrected chi connectivity index (χ1v) is 10.8. The Bertz CT molecular complexity index is 932. The molecule has 0 aliphatic carbocycles. The summed E-state index contributed by atoms with van der Waals surface area (Å²) in [5, 5.41) is 4.11. The van der Waals surface area contributed by atoms with Crippen molar-refractivity contribution in [2.45, 2.75) is 20.1 Å². The van der Waals surface area contributed by atoms with Crippen LogP contribution in [0.2, 0.25) is 5.02 Å². The van der Waals surface area contributed by atoms with E-state index < -0.39 is 0 Å². The van der Waals surface area contributed by atoms with Gasteiger partial charge in [0.2, 0.25) is 0 Å². The highest BCUT2D eigenvalue weighted by Crippen LogP contribution is 2.35. The molecule has 0 radical (unpaired) electrons. The average Bonchev–Trinajstić information content (AvgIpc) is 2.69. The zero-order valence-electron chi connectivity index (χ0n) is 15.3. The van der Waals surface area contributed by atoms with Crippen molar-refractivity contribution in [2.75, 3.05) is 11.9 Å². The minimum Gasteiger partial charge on any atom is -0.490 e. The molecule has 28 heavy (non-hydrogen) atoms. The lowest BCUT2D eigenvalue weighted by molar-refractivity contribution is 0.269. The number of benzene rings is 3. The van der Waals surface area contributed by atoms with Gasteiger partial charge in [0.25, 0.3) is 0 Å². The molecule has 0 unspecified atom stereocenters. The Morgan fingerprint density at radius 3 is 2.32 bits per heavy atom. The summed E-state index contributed by atoms with van der Waals surface area (Å²) < 4.78 is 13.8. The number of anilines is 1. The molecule has 0 saturated heterocycles. The zero-order chi connectivity index (χ0) is 19.9. The molecule has 146 valence electrons. The topological polar surface area (TPSA) is 30.5 Å². The van der Waals surface area contributed by atoms with Gasteiger partial charge >= 0.3 is 0 Å². The number of rotatable bonds is 8. The molecule has 0 atom stereocenters. The predicted octanol–water partition coefficient (Wildman–Crippen LogP) is 7.45. The molecule has 0 aromatic heterocycles. The maximum Gasteiger partial charge on any atom is 0.162 e. The van der Waals surface area contributed by atoms with Crippen molar-refractivity contribution in [1.82, 2.24) is 0 Å². The number of nitrogens with one attached hydrogen (secondary N) is 1. The third kappa shape index (κ3) is 5.66. The van der Waals surface area contributed by atoms with Crippen LogP contribution in [0.5, 0.6) is 11.5 Å². The first-order chi connectivity index (χ1) is 13.6. The highest BCUT2D eigenvalue weighted by Gasteiger charge is 2.12. The fourth-order valence-electron chi connectivity index (χ4n) is 2.63. The van der Waals surface area contributed by atoms with Gasteiger partial charge < -0.3 is 14.8 Å². The summed E-state index contributed by atoms with van der Waals surface area (Å²) in [6, 6.07) is 19.7. The Morgan fingerprint density at radius 2 is 1.61 bits per heavy atom. The highest BCUT2D eigenvalue weighted by atomic mass is 79.9. The Labute approximate surface area is 187 Å². The van der Waals surface area contributed by atoms with Gasteiger partial charge in [-0.3, -0.25) is 0 Å². The van der Waals surface area contributed by atoms with Gasteiger partial charge in [0.05, 0.1) is 6.61 Å². The zero-order valence-corrected chi connectivity index (χ0v) is 19.3. The molecule has 0 spiro atoms. The van der Waals surface area contributed by atoms with E-state index in [0.717, 1.165) is 25.8 Å². The smallest absolute Gasteiger partial charge is 0.162 e. The summed E-state index contributed by atoms with van der Waals surface area (Å²) in [6.07, 6.45) is 0. The molecule has 0 aliphatic rings. The summed E-state index contributed by atoms with van der Waals surface area (Å²) in [4.78, 5) is 0. The molecule has 6 heteroatoms. The second-order valence-electron chi connectivity index (χ2n) is 6.06. The molecule has 3 aromatic carbocycles. The van der Waals surface area contributed by atoms with Gasteiger partial charge in [-0.25, -0.2) is 0 Å². The second-order valence-corrected chi connectivity index (χ2v) is 8.24. The van der Waals surface area contributed by atoms with E-state index in [1.54, 1.807) is 0 Å². The molecule has 0 heterocycles. The van der Waals surface area contributed by atoms with Crippen LogP contribution in [0, 0.1) is 0 Å². The molecule has 0 bridgehead atoms. The van der Waals surface area contributed by atoms with Crippen molar-refractivity contribution in [3.8, 4) is 11.5 Å². The standard InChI is InChI=1S/C22H20Br2ClNO2/c1-2-27-21-11-16(13-26-18-9-7-17(23)8-10-18)19(24)12-22(21)28-14-15-5-3-4-6-20(15)25/h3-12,26H,2,13-14H2,1H3. The fourth-order valence-corrected chi connectivity index (χ4v) is 3.55. The van der Waals surface area contributed by atoms with E-state index in [0.29, 0.717) is 36.3 Å². The molecule has 3 nitrogen and oxygen atoms in total. The summed E-state index contributed by atoms with van der Waals surface area (Å²) >= 11 is 13.3. The van der Waals surface area contributed by atoms with Crippen molar-refractivity contribution in [3.05, 3.63) is 85.8 Å². The lowest BCUT2D eigenvalue weighted by atomic mass is 10.2. The lowest BCUT2D eigenvalue weighted by Gasteiger charge is -2.16. The van der Waals surface area contributed by atoms with Crippen LogP contribution in [0.15, 0.2) is 69.6 Å². The van der Waals surface area contributed by atoms with Gasteiger partial charge in [-0.15, -0.1) is 0 Å². The van der Waals surface area contributed by atoms with Crippen molar-refractivity contribution in [2.24, 2.45) is 0 Å². The quantitative estimate of drug-likeness (QED) is 0.331. The van der Waals surface area contributed by atoms with Crippen LogP contribution in [-0.4, -0.2) is 6.61 Å². The largest absolute Gasteiger partial charge is 0.490 e. The van der Waals surface area contributed by atoms with E-state index in [1.165, 1.54) is 0 Å². The Kier molecular flexibility index (Phi) is 7.65. The summed E-state index contributed by atoms with van der Waals surface area (Å²) in [5.41, 5.74) is 3.06. The number of ether oxygens (including phenoxy) is 2. The molecule has 1 N–H and O–H groups in total. The van der Waals surface area contributed by atoms with Crippen LogP contribution in [0.4, 0.5) is 5.69 Å². The number of hydrogen-bond acceptors (Lipinski definition) is 3. The molecule has 3 rings (SSSR count). The van der Waals surface area contributed by atoms with E-state index in [9.17, 15) is 0 Å². The first-order valence-electron chi connectivity index (χ1n) is 8.87. The van der Waals surface area contributed by atoms with E-state index in [-0.39, 0.29) is 0 Å². The highest BCUT2D eigenvalue weighted by molar-refractivity contribution is 9.10. The Balaban J connectivity index is 1.75. The number of hydrogen-bond donors (Lipinski definition) is 1. The van der Waals surface area contributed by atoms with Gasteiger partial charge in [0, 0.05) is 31.8 Å². The molecular formula is C22H20Br2ClNO2. The minimum absolute atomic E-state index is 0.378. The van der Waals surface area contributed by atoms with Crippen LogP contribution in [-0.2, 0) is 13.2 Å². The number of halogens is 3. The van der Waals surface area contributed by atoms with E-state index in [2.05, 4.69) is 37.2 Å². The van der Waals surface area contributed by atoms with Crippen LogP contribution in [0.1, 0.15) is 18.1 Å². The minimum atomic E-state index is 0.378. The van der Waals surface area contributed by atoms with Crippen molar-refractivity contribution in [1.29, 1.82) is 0 Å². The lowest BCUT2D eigenvalue weighted by Crippen LogP contribution is -2.04. The van der Waals surface area contributed by atoms with Gasteiger partial charge in [0.1, 0.15) is 6.61 Å². The van der Waals surface area contributed by atoms with E-state index in [1.807, 2.05) is 67.6 Å². The van der Waals surface area contributed by atoms with Crippen molar-refractivity contribution in [3.63, 3.8) is 0 Å². The van der Waals surface area contributed by atoms with Gasteiger partial charge in [-0.2, -0.15) is 0 Å². The third-order valence-corrected chi connectivity index (χ3v) is 5.72. The molecule has 0 fully saturated rings. The van der Waals surface area contributed by atoms with Gasteiger partial charge in [-0.1, -0.05) is 61.7 Å². The summed E-state index contributed by atoms with van der Waals surface area (Å²) in [7, 11) is 0. The Hall–Kier alpha value is -1.69. The molecule has 0 amide bonds. The summed E-state index contributed by atoms with van der Waals surface area (Å²) in [6.45, 7) is 3.55. The van der Waals surface area contributed by atoms with E-state index in [4.69, 9.17) is 21.1 Å². The fraction of sp³-hybridized carbons (Fsp3) is 0.182. The maximum absolute atomic E-state index is 6.23. The SMILES string of the molecule is CCOc1cc(CNc2ccc(Br)cc2)c(Br)cc1OCc1ccccc1Cl. The van der Waals surface area contributed by atoms with E-state index >= 15 is 0 Å². The van der Waals surface area contributed by atoms with Crippen LogP contribution < -0.4 is 14.8 Å². The van der Waals surface area contributed by atoms with Gasteiger partial charge in [0.15, 0.2) is 11.5 Å². The van der Waals surface area contributed by atoms with Crippen LogP contribution in [0.3, 0.4) is 0 Å². The first kappa shape index (κ1) is 21.0. The van der Waals surface area contributed by atoms with Crippen molar-refractivity contribution >= 4 is 49.1 Å². The Morgan fingerprint density at radius 1 is 0.893 bits per heavy atom. The molecule has 0 aliphatic heterocycles. The molecular weight excluding hydrogens is 506 g/mol.